The van der Waals surface area contributed by atoms with Crippen LogP contribution in [0.2, 0.25) is 0 Å². The van der Waals surface area contributed by atoms with E-state index in [4.69, 9.17) is 9.72 Å². The molecule has 4 nitrogen and oxygen atoms in total. The van der Waals surface area contributed by atoms with Crippen LogP contribution >= 0.6 is 11.3 Å². The predicted octanol–water partition coefficient (Wildman–Crippen LogP) is 3.38. The van der Waals surface area contributed by atoms with E-state index < -0.39 is 0 Å². The maximum atomic E-state index is 5.09. The Hall–Kier alpha value is -0.650. The minimum absolute atomic E-state index is 0.595. The third-order valence-electron chi connectivity index (χ3n) is 4.24. The average Bonchev–Trinajstić information content (AvgIpc) is 3.25. The van der Waals surface area contributed by atoms with Crippen molar-refractivity contribution in [1.29, 1.82) is 0 Å². The topological polar surface area (TPSA) is 37.4 Å². The highest BCUT2D eigenvalue weighted by Crippen LogP contribution is 2.44. The van der Waals surface area contributed by atoms with E-state index in [-0.39, 0.29) is 0 Å². The van der Waals surface area contributed by atoms with Crippen LogP contribution in [-0.2, 0) is 11.3 Å². The highest BCUT2D eigenvalue weighted by Gasteiger charge is 2.30. The summed E-state index contributed by atoms with van der Waals surface area (Å²) in [6.45, 7) is 7.10. The van der Waals surface area contributed by atoms with E-state index in [0.717, 1.165) is 19.7 Å². The zero-order chi connectivity index (χ0) is 15.2. The molecule has 1 heterocycles. The van der Waals surface area contributed by atoms with Crippen LogP contribution in [0, 0.1) is 0 Å². The van der Waals surface area contributed by atoms with Crippen LogP contribution in [0.5, 0.6) is 0 Å². The van der Waals surface area contributed by atoms with Crippen molar-refractivity contribution in [2.75, 3.05) is 32.2 Å². The number of rotatable bonds is 10. The van der Waals surface area contributed by atoms with Gasteiger partial charge in [-0.1, -0.05) is 13.8 Å². The molecule has 0 bridgehead atoms. The molecule has 0 unspecified atom stereocenters. The van der Waals surface area contributed by atoms with E-state index >= 15 is 0 Å². The monoisotopic (exact) mass is 311 g/mol. The van der Waals surface area contributed by atoms with Crippen LogP contribution in [0.25, 0.3) is 0 Å². The predicted molar refractivity (Wildman–Crippen MR) is 90.4 cm³/mol. The van der Waals surface area contributed by atoms with Crippen LogP contribution in [0.4, 0.5) is 5.13 Å². The molecule has 0 aliphatic heterocycles. The molecule has 5 heteroatoms. The minimum atomic E-state index is 0.595. The normalized spacial score (nSPS) is 14.9. The van der Waals surface area contributed by atoms with Gasteiger partial charge in [0.05, 0.1) is 12.3 Å². The Morgan fingerprint density at radius 1 is 1.38 bits per heavy atom. The second-order valence-corrected chi connectivity index (χ2v) is 6.89. The van der Waals surface area contributed by atoms with Gasteiger partial charge in [-0.2, -0.15) is 0 Å². The van der Waals surface area contributed by atoms with Crippen molar-refractivity contribution in [2.24, 2.45) is 0 Å². The minimum Gasteiger partial charge on any atom is -0.383 e. The van der Waals surface area contributed by atoms with Crippen molar-refractivity contribution in [1.82, 2.24) is 10.3 Å². The van der Waals surface area contributed by atoms with Crippen LogP contribution in [0.1, 0.15) is 56.0 Å². The highest BCUT2D eigenvalue weighted by atomic mass is 32.1. The standard InChI is InChI=1S/C16H29N3OS/c1-5-13(6-2)19(3)16-18-15(12-7-8-12)14(21-16)11-17-9-10-20-4/h12-13,17H,5-11H2,1-4H3. The first-order chi connectivity index (χ1) is 10.2. The molecule has 0 spiro atoms. The molecule has 1 fully saturated rings. The second kappa shape index (κ2) is 8.11. The number of hydrogen-bond acceptors (Lipinski definition) is 5. The fourth-order valence-electron chi connectivity index (χ4n) is 2.67. The summed E-state index contributed by atoms with van der Waals surface area (Å²) in [5.41, 5.74) is 1.35. The van der Waals surface area contributed by atoms with Crippen molar-refractivity contribution in [3.63, 3.8) is 0 Å². The summed E-state index contributed by atoms with van der Waals surface area (Å²) in [4.78, 5) is 8.75. The molecule has 1 aromatic heterocycles. The Bertz CT molecular complexity index is 427. The lowest BCUT2D eigenvalue weighted by Crippen LogP contribution is -2.30. The van der Waals surface area contributed by atoms with Gasteiger partial charge in [0.2, 0.25) is 0 Å². The molecule has 0 radical (unpaired) electrons. The average molecular weight is 311 g/mol. The molecule has 0 saturated heterocycles. The molecule has 21 heavy (non-hydrogen) atoms. The fraction of sp³-hybridized carbons (Fsp3) is 0.812. The van der Waals surface area contributed by atoms with Crippen molar-refractivity contribution in [3.8, 4) is 0 Å². The maximum absolute atomic E-state index is 5.09. The van der Waals surface area contributed by atoms with Gasteiger partial charge in [-0.3, -0.25) is 0 Å². The van der Waals surface area contributed by atoms with Crippen molar-refractivity contribution in [2.45, 2.75) is 58.0 Å². The molecule has 1 aliphatic rings. The quantitative estimate of drug-likeness (QED) is 0.672. The largest absolute Gasteiger partial charge is 0.383 e. The van der Waals surface area contributed by atoms with Gasteiger partial charge in [0.25, 0.3) is 0 Å². The molecular formula is C16H29N3OS. The second-order valence-electron chi connectivity index (χ2n) is 5.83. The summed E-state index contributed by atoms with van der Waals surface area (Å²) >= 11 is 1.86. The number of thiazole rings is 1. The van der Waals surface area contributed by atoms with Gasteiger partial charge in [0.1, 0.15) is 0 Å². The zero-order valence-electron chi connectivity index (χ0n) is 13.8. The Labute approximate surface area is 132 Å². The number of methoxy groups -OCH3 is 1. The Kier molecular flexibility index (Phi) is 6.45. The van der Waals surface area contributed by atoms with Gasteiger partial charge < -0.3 is 15.0 Å². The van der Waals surface area contributed by atoms with Crippen LogP contribution < -0.4 is 10.2 Å². The number of ether oxygens (including phenoxy) is 1. The SMILES string of the molecule is CCC(CC)N(C)c1nc(C2CC2)c(CNCCOC)s1. The molecule has 2 rings (SSSR count). The molecule has 1 saturated carbocycles. The van der Waals surface area contributed by atoms with E-state index in [1.165, 1.54) is 41.4 Å². The van der Waals surface area contributed by atoms with Gasteiger partial charge in [0.15, 0.2) is 5.13 Å². The van der Waals surface area contributed by atoms with Crippen LogP contribution in [0.15, 0.2) is 0 Å². The summed E-state index contributed by atoms with van der Waals surface area (Å²) in [6.07, 6.45) is 4.96. The molecule has 1 N–H and O–H groups in total. The first-order valence-electron chi connectivity index (χ1n) is 8.13. The number of aromatic nitrogens is 1. The molecule has 0 aromatic carbocycles. The third-order valence-corrected chi connectivity index (χ3v) is 5.40. The van der Waals surface area contributed by atoms with Gasteiger partial charge in [-0.15, -0.1) is 11.3 Å². The first-order valence-corrected chi connectivity index (χ1v) is 8.94. The smallest absolute Gasteiger partial charge is 0.185 e. The lowest BCUT2D eigenvalue weighted by atomic mass is 10.1. The molecule has 1 aromatic rings. The van der Waals surface area contributed by atoms with E-state index in [0.29, 0.717) is 12.0 Å². The van der Waals surface area contributed by atoms with Gasteiger partial charge in [-0.05, 0) is 25.7 Å². The maximum Gasteiger partial charge on any atom is 0.185 e. The number of hydrogen-bond donors (Lipinski definition) is 1. The summed E-state index contributed by atoms with van der Waals surface area (Å²) in [6, 6.07) is 0.595. The van der Waals surface area contributed by atoms with E-state index in [1.54, 1.807) is 7.11 Å². The molecule has 0 atom stereocenters. The van der Waals surface area contributed by atoms with Crippen LogP contribution in [0.3, 0.4) is 0 Å². The van der Waals surface area contributed by atoms with E-state index in [2.05, 4.69) is 31.1 Å². The Morgan fingerprint density at radius 3 is 2.67 bits per heavy atom. The lowest BCUT2D eigenvalue weighted by Gasteiger charge is -2.25. The van der Waals surface area contributed by atoms with E-state index in [1.807, 2.05) is 11.3 Å². The van der Waals surface area contributed by atoms with Gasteiger partial charge in [-0.25, -0.2) is 4.98 Å². The number of anilines is 1. The van der Waals surface area contributed by atoms with E-state index in [9.17, 15) is 0 Å². The van der Waals surface area contributed by atoms with Crippen molar-refractivity contribution in [3.05, 3.63) is 10.6 Å². The summed E-state index contributed by atoms with van der Waals surface area (Å²) in [7, 11) is 3.93. The number of nitrogens with zero attached hydrogens (tertiary/aromatic N) is 2. The van der Waals surface area contributed by atoms with Gasteiger partial charge >= 0.3 is 0 Å². The Balaban J connectivity index is 2.05. The third kappa shape index (κ3) is 4.41. The lowest BCUT2D eigenvalue weighted by molar-refractivity contribution is 0.199. The number of nitrogens with one attached hydrogen (secondary N) is 1. The van der Waals surface area contributed by atoms with Crippen molar-refractivity contribution >= 4 is 16.5 Å². The highest BCUT2D eigenvalue weighted by molar-refractivity contribution is 7.15. The molecule has 1 aliphatic carbocycles. The molecular weight excluding hydrogens is 282 g/mol. The van der Waals surface area contributed by atoms with Crippen molar-refractivity contribution < 1.29 is 4.74 Å². The first kappa shape index (κ1) is 16.7. The van der Waals surface area contributed by atoms with Crippen LogP contribution in [-0.4, -0.2) is 38.3 Å². The van der Waals surface area contributed by atoms with Gasteiger partial charge in [0, 0.05) is 44.1 Å². The fourth-order valence-corrected chi connectivity index (χ4v) is 3.82. The Morgan fingerprint density at radius 2 is 2.10 bits per heavy atom. The summed E-state index contributed by atoms with van der Waals surface area (Å²) in [5, 5.41) is 4.65. The zero-order valence-corrected chi connectivity index (χ0v) is 14.6. The molecule has 120 valence electrons. The summed E-state index contributed by atoms with van der Waals surface area (Å²) in [5.74, 6) is 0.712. The molecule has 0 amide bonds. The summed E-state index contributed by atoms with van der Waals surface area (Å²) < 4.78 is 5.09.